The number of halogens is 3. The van der Waals surface area contributed by atoms with Crippen molar-refractivity contribution in [3.63, 3.8) is 0 Å². The molecule has 0 radical (unpaired) electrons. The molecule has 0 spiro atoms. The molecule has 1 heterocycles. The molecule has 2 aliphatic rings. The molecule has 1 amide bonds. The number of carbonyl (C=O) groups excluding carboxylic acids is 1. The number of fused-ring (bicyclic) bond motifs is 3. The minimum Gasteiger partial charge on any atom is -0.497 e. The Morgan fingerprint density at radius 1 is 0.897 bits per heavy atom. The van der Waals surface area contributed by atoms with Gasteiger partial charge in [0.2, 0.25) is 5.91 Å². The van der Waals surface area contributed by atoms with Crippen LogP contribution in [-0.2, 0) is 4.79 Å². The fourth-order valence-electron chi connectivity index (χ4n) is 4.21. The van der Waals surface area contributed by atoms with Crippen molar-refractivity contribution in [2.75, 3.05) is 12.0 Å². The van der Waals surface area contributed by atoms with Crippen molar-refractivity contribution >= 4 is 52.1 Å². The molecule has 29 heavy (non-hydrogen) atoms. The van der Waals surface area contributed by atoms with Crippen molar-refractivity contribution in [3.8, 4) is 16.9 Å². The number of anilines is 2. The Labute approximate surface area is 183 Å². The van der Waals surface area contributed by atoms with Crippen LogP contribution >= 0.6 is 34.8 Å². The number of ether oxygens (including phenoxy) is 1. The zero-order valence-electron chi connectivity index (χ0n) is 15.5. The van der Waals surface area contributed by atoms with Gasteiger partial charge in [-0.15, -0.1) is 0 Å². The normalized spacial score (nSPS) is 19.6. The van der Waals surface area contributed by atoms with Gasteiger partial charge in [-0.1, -0.05) is 59.1 Å². The number of hydrogen-bond acceptors (Lipinski definition) is 2. The molecule has 0 saturated heterocycles. The third-order valence-electron chi connectivity index (χ3n) is 5.63. The Bertz CT molecular complexity index is 1140. The number of rotatable bonds is 3. The quantitative estimate of drug-likeness (QED) is 0.431. The van der Waals surface area contributed by atoms with Gasteiger partial charge in [-0.2, -0.15) is 0 Å². The van der Waals surface area contributed by atoms with Crippen LogP contribution in [0.3, 0.4) is 0 Å². The van der Waals surface area contributed by atoms with E-state index in [0.29, 0.717) is 26.5 Å². The summed E-state index contributed by atoms with van der Waals surface area (Å²) in [5.41, 5.74) is 4.22. The van der Waals surface area contributed by atoms with Crippen LogP contribution in [0.2, 0.25) is 15.1 Å². The summed E-state index contributed by atoms with van der Waals surface area (Å²) in [6.07, 6.45) is 0.800. The SMILES string of the molecule is COc1cc(-c2ccccc2Cl)c2c(c1)N(c1c(Cl)cccc1Cl)C(=O)C1CC21. The van der Waals surface area contributed by atoms with Crippen molar-refractivity contribution < 1.29 is 9.53 Å². The van der Waals surface area contributed by atoms with E-state index in [2.05, 4.69) is 0 Å². The average molecular weight is 445 g/mol. The molecular formula is C23H16Cl3NO2. The molecule has 1 aliphatic heterocycles. The topological polar surface area (TPSA) is 29.5 Å². The lowest BCUT2D eigenvalue weighted by molar-refractivity contribution is -0.119. The highest BCUT2D eigenvalue weighted by Crippen LogP contribution is 2.61. The van der Waals surface area contributed by atoms with Gasteiger partial charge in [0.25, 0.3) is 0 Å². The number of benzene rings is 3. The Morgan fingerprint density at radius 2 is 1.59 bits per heavy atom. The second kappa shape index (κ2) is 6.94. The lowest BCUT2D eigenvalue weighted by atomic mass is 9.90. The number of carbonyl (C=O) groups is 1. The summed E-state index contributed by atoms with van der Waals surface area (Å²) in [7, 11) is 1.61. The van der Waals surface area contributed by atoms with Gasteiger partial charge in [0.15, 0.2) is 0 Å². The van der Waals surface area contributed by atoms with Crippen molar-refractivity contribution in [3.05, 3.63) is 75.2 Å². The zero-order valence-corrected chi connectivity index (χ0v) is 17.7. The Balaban J connectivity index is 1.82. The minimum atomic E-state index is -0.0792. The maximum Gasteiger partial charge on any atom is 0.235 e. The second-order valence-electron chi connectivity index (χ2n) is 7.28. The molecule has 6 heteroatoms. The number of nitrogens with zero attached hydrogens (tertiary/aromatic N) is 1. The van der Waals surface area contributed by atoms with Crippen molar-refractivity contribution in [2.45, 2.75) is 12.3 Å². The first kappa shape index (κ1) is 18.8. The third kappa shape index (κ3) is 2.92. The van der Waals surface area contributed by atoms with E-state index < -0.39 is 0 Å². The van der Waals surface area contributed by atoms with Crippen LogP contribution < -0.4 is 9.64 Å². The smallest absolute Gasteiger partial charge is 0.235 e. The van der Waals surface area contributed by atoms with E-state index in [1.807, 2.05) is 36.4 Å². The lowest BCUT2D eigenvalue weighted by Gasteiger charge is -2.32. The third-order valence-corrected chi connectivity index (χ3v) is 6.57. The first-order valence-electron chi connectivity index (χ1n) is 9.26. The van der Waals surface area contributed by atoms with Gasteiger partial charge in [-0.25, -0.2) is 0 Å². The van der Waals surface area contributed by atoms with Crippen molar-refractivity contribution in [1.29, 1.82) is 0 Å². The van der Waals surface area contributed by atoms with E-state index in [1.54, 1.807) is 30.2 Å². The first-order valence-corrected chi connectivity index (χ1v) is 10.4. The van der Waals surface area contributed by atoms with E-state index >= 15 is 0 Å². The summed E-state index contributed by atoms with van der Waals surface area (Å²) in [6.45, 7) is 0. The van der Waals surface area contributed by atoms with E-state index in [1.165, 1.54) is 0 Å². The molecule has 0 bridgehead atoms. The molecule has 5 rings (SSSR count). The standard InChI is InChI=1S/C23H16Cl3NO2/c1-29-12-9-14(13-5-2-3-6-17(13)24)21-15-11-16(15)23(28)27(20(21)10-12)22-18(25)7-4-8-19(22)26/h2-10,15-16H,11H2,1H3. The lowest BCUT2D eigenvalue weighted by Crippen LogP contribution is -2.32. The minimum absolute atomic E-state index is 0.0101. The van der Waals surface area contributed by atoms with Crippen LogP contribution in [-0.4, -0.2) is 13.0 Å². The molecule has 1 saturated carbocycles. The van der Waals surface area contributed by atoms with Crippen LogP contribution in [0.1, 0.15) is 17.9 Å². The van der Waals surface area contributed by atoms with Crippen LogP contribution in [0.15, 0.2) is 54.6 Å². The van der Waals surface area contributed by atoms with Gasteiger partial charge in [-0.05, 0) is 47.7 Å². The maximum absolute atomic E-state index is 13.3. The van der Waals surface area contributed by atoms with Crippen molar-refractivity contribution in [2.24, 2.45) is 5.92 Å². The molecule has 3 aromatic carbocycles. The molecule has 2 atom stereocenters. The van der Waals surface area contributed by atoms with Gasteiger partial charge in [0, 0.05) is 22.6 Å². The molecular weight excluding hydrogens is 429 g/mol. The van der Waals surface area contributed by atoms with Crippen molar-refractivity contribution in [1.82, 2.24) is 0 Å². The average Bonchev–Trinajstić information content (AvgIpc) is 3.51. The molecule has 1 aliphatic carbocycles. The van der Waals surface area contributed by atoms with Crippen LogP contribution in [0.5, 0.6) is 5.75 Å². The predicted molar refractivity (Wildman–Crippen MR) is 118 cm³/mol. The fraction of sp³-hybridized carbons (Fsp3) is 0.174. The van der Waals surface area contributed by atoms with Crippen LogP contribution in [0, 0.1) is 5.92 Å². The predicted octanol–water partition coefficient (Wildman–Crippen LogP) is 7.10. The van der Waals surface area contributed by atoms with Crippen LogP contribution in [0.4, 0.5) is 11.4 Å². The fourth-order valence-corrected chi connectivity index (χ4v) is 5.02. The van der Waals surface area contributed by atoms with Gasteiger partial charge < -0.3 is 4.74 Å². The highest BCUT2D eigenvalue weighted by molar-refractivity contribution is 6.40. The Kier molecular flexibility index (Phi) is 4.50. The van der Waals surface area contributed by atoms with Gasteiger partial charge >= 0.3 is 0 Å². The maximum atomic E-state index is 13.3. The Hall–Kier alpha value is -2.20. The highest BCUT2D eigenvalue weighted by Gasteiger charge is 2.53. The van der Waals surface area contributed by atoms with E-state index in [0.717, 1.165) is 28.8 Å². The number of methoxy groups -OCH3 is 1. The molecule has 3 nitrogen and oxygen atoms in total. The molecule has 146 valence electrons. The van der Waals surface area contributed by atoms with Gasteiger partial charge in [-0.3, -0.25) is 9.69 Å². The van der Waals surface area contributed by atoms with E-state index in [4.69, 9.17) is 39.5 Å². The molecule has 0 aromatic heterocycles. The summed E-state index contributed by atoms with van der Waals surface area (Å²) >= 11 is 19.5. The zero-order chi connectivity index (χ0) is 20.3. The Morgan fingerprint density at radius 3 is 2.28 bits per heavy atom. The second-order valence-corrected chi connectivity index (χ2v) is 8.50. The van der Waals surface area contributed by atoms with E-state index in [9.17, 15) is 4.79 Å². The molecule has 1 fully saturated rings. The molecule has 2 unspecified atom stereocenters. The van der Waals surface area contributed by atoms with Crippen LogP contribution in [0.25, 0.3) is 11.1 Å². The van der Waals surface area contributed by atoms with Gasteiger partial charge in [0.05, 0.1) is 28.5 Å². The molecule has 0 N–H and O–H groups in total. The highest BCUT2D eigenvalue weighted by atomic mass is 35.5. The summed E-state index contributed by atoms with van der Waals surface area (Å²) in [4.78, 5) is 14.9. The van der Waals surface area contributed by atoms with E-state index in [-0.39, 0.29) is 17.7 Å². The first-order chi connectivity index (χ1) is 14.0. The summed E-state index contributed by atoms with van der Waals surface area (Å²) in [6, 6.07) is 16.8. The number of amides is 1. The largest absolute Gasteiger partial charge is 0.497 e. The summed E-state index contributed by atoms with van der Waals surface area (Å²) in [5, 5.41) is 1.51. The number of para-hydroxylation sites is 1. The van der Waals surface area contributed by atoms with Gasteiger partial charge in [0.1, 0.15) is 5.75 Å². The monoisotopic (exact) mass is 443 g/mol. The molecule has 3 aromatic rings. The summed E-state index contributed by atoms with van der Waals surface area (Å²) in [5.74, 6) is 0.728. The number of hydrogen-bond donors (Lipinski definition) is 0. The summed E-state index contributed by atoms with van der Waals surface area (Å²) < 4.78 is 5.56.